The van der Waals surface area contributed by atoms with Crippen molar-refractivity contribution in [3.63, 3.8) is 0 Å². The predicted octanol–water partition coefficient (Wildman–Crippen LogP) is 2.03. The molecule has 19 heavy (non-hydrogen) atoms. The van der Waals surface area contributed by atoms with Gasteiger partial charge in [0.2, 0.25) is 0 Å². The van der Waals surface area contributed by atoms with E-state index in [1.165, 1.54) is 18.2 Å². The summed E-state index contributed by atoms with van der Waals surface area (Å²) in [6.07, 6.45) is 0. The number of sulfonamides is 1. The van der Waals surface area contributed by atoms with Gasteiger partial charge in [-0.15, -0.1) is 0 Å². The van der Waals surface area contributed by atoms with Crippen molar-refractivity contribution in [3.05, 3.63) is 53.2 Å². The Labute approximate surface area is 115 Å². The Bertz CT molecular complexity index is 689. The van der Waals surface area contributed by atoms with Crippen molar-refractivity contribution in [2.45, 2.75) is 11.5 Å². The van der Waals surface area contributed by atoms with E-state index in [9.17, 15) is 8.42 Å². The largest absolute Gasteiger partial charge is 0.390 e. The van der Waals surface area contributed by atoms with Crippen molar-refractivity contribution in [2.24, 2.45) is 0 Å². The average molecular weight is 299 g/mol. The number of halogens is 1. The van der Waals surface area contributed by atoms with Crippen molar-refractivity contribution in [3.8, 4) is 0 Å². The van der Waals surface area contributed by atoms with Gasteiger partial charge in [0.1, 0.15) is 5.82 Å². The van der Waals surface area contributed by atoms with Crippen LogP contribution in [-0.4, -0.2) is 18.5 Å². The zero-order chi connectivity index (χ0) is 13.9. The van der Waals surface area contributed by atoms with Crippen LogP contribution >= 0.6 is 11.6 Å². The van der Waals surface area contributed by atoms with Crippen LogP contribution in [0, 0.1) is 0 Å². The standard InChI is InChI=1S/C12H11ClN2O3S/c13-9-3-1-5-11(7-9)19(17,18)15-12-6-2-4-10(8-16)14-12/h1-7,16H,8H2,(H,14,15). The van der Waals surface area contributed by atoms with Crippen LogP contribution in [0.4, 0.5) is 5.82 Å². The van der Waals surface area contributed by atoms with Crippen molar-refractivity contribution >= 4 is 27.4 Å². The summed E-state index contributed by atoms with van der Waals surface area (Å²) in [6, 6.07) is 10.6. The third kappa shape index (κ3) is 3.44. The van der Waals surface area contributed by atoms with Crippen LogP contribution in [0.1, 0.15) is 5.69 Å². The zero-order valence-corrected chi connectivity index (χ0v) is 11.3. The van der Waals surface area contributed by atoms with E-state index in [-0.39, 0.29) is 17.3 Å². The molecule has 2 aromatic rings. The number of hydrogen-bond acceptors (Lipinski definition) is 4. The van der Waals surface area contributed by atoms with Gasteiger partial charge in [0, 0.05) is 5.02 Å². The number of nitrogens with one attached hydrogen (secondary N) is 1. The highest BCUT2D eigenvalue weighted by Crippen LogP contribution is 2.18. The molecule has 0 atom stereocenters. The molecule has 0 radical (unpaired) electrons. The second-order valence-electron chi connectivity index (χ2n) is 3.74. The predicted molar refractivity (Wildman–Crippen MR) is 72.4 cm³/mol. The molecule has 1 aromatic heterocycles. The fraction of sp³-hybridized carbons (Fsp3) is 0.0833. The maximum atomic E-state index is 12.1. The Kier molecular flexibility index (Phi) is 4.04. The van der Waals surface area contributed by atoms with Crippen LogP contribution in [0.2, 0.25) is 5.02 Å². The highest BCUT2D eigenvalue weighted by atomic mass is 35.5. The minimum absolute atomic E-state index is 0.0520. The van der Waals surface area contributed by atoms with E-state index in [1.807, 2.05) is 0 Å². The molecule has 1 heterocycles. The van der Waals surface area contributed by atoms with Gasteiger partial charge in [-0.3, -0.25) is 4.72 Å². The maximum Gasteiger partial charge on any atom is 0.263 e. The summed E-state index contributed by atoms with van der Waals surface area (Å²) in [5.41, 5.74) is 0.381. The van der Waals surface area contributed by atoms with Gasteiger partial charge in [0.05, 0.1) is 17.2 Å². The lowest BCUT2D eigenvalue weighted by Gasteiger charge is -2.08. The highest BCUT2D eigenvalue weighted by molar-refractivity contribution is 7.92. The lowest BCUT2D eigenvalue weighted by Crippen LogP contribution is -2.14. The van der Waals surface area contributed by atoms with Crippen molar-refractivity contribution in [1.29, 1.82) is 0 Å². The first-order chi connectivity index (χ1) is 9.01. The van der Waals surface area contributed by atoms with Crippen LogP contribution in [0.3, 0.4) is 0 Å². The summed E-state index contributed by atoms with van der Waals surface area (Å²) in [6.45, 7) is -0.257. The van der Waals surface area contributed by atoms with Crippen LogP contribution in [-0.2, 0) is 16.6 Å². The van der Waals surface area contributed by atoms with Gasteiger partial charge in [0.25, 0.3) is 10.0 Å². The van der Waals surface area contributed by atoms with E-state index < -0.39 is 10.0 Å². The van der Waals surface area contributed by atoms with Crippen molar-refractivity contribution in [1.82, 2.24) is 4.98 Å². The monoisotopic (exact) mass is 298 g/mol. The molecule has 0 aliphatic carbocycles. The van der Waals surface area contributed by atoms with Crippen molar-refractivity contribution in [2.75, 3.05) is 4.72 Å². The molecule has 0 aliphatic rings. The lowest BCUT2D eigenvalue weighted by molar-refractivity contribution is 0.277. The molecule has 0 aliphatic heterocycles. The summed E-state index contributed by atoms with van der Waals surface area (Å²) in [4.78, 5) is 4.00. The number of aromatic nitrogens is 1. The van der Waals surface area contributed by atoms with E-state index in [1.54, 1.807) is 24.3 Å². The fourth-order valence-corrected chi connectivity index (χ4v) is 2.76. The molecule has 0 amide bonds. The first-order valence-corrected chi connectivity index (χ1v) is 7.22. The molecule has 0 spiro atoms. The Morgan fingerprint density at radius 2 is 1.95 bits per heavy atom. The van der Waals surface area contributed by atoms with E-state index in [0.717, 1.165) is 0 Å². The molecule has 0 unspecified atom stereocenters. The minimum atomic E-state index is -3.74. The zero-order valence-electron chi connectivity index (χ0n) is 9.75. The molecule has 7 heteroatoms. The number of benzene rings is 1. The summed E-state index contributed by atoms with van der Waals surface area (Å²) in [7, 11) is -3.74. The molecular weight excluding hydrogens is 288 g/mol. The lowest BCUT2D eigenvalue weighted by atomic mass is 10.3. The first kappa shape index (κ1) is 13.8. The smallest absolute Gasteiger partial charge is 0.263 e. The number of rotatable bonds is 4. The summed E-state index contributed by atoms with van der Waals surface area (Å²) >= 11 is 5.76. The summed E-state index contributed by atoms with van der Waals surface area (Å²) in [5.74, 6) is 0.145. The molecule has 2 rings (SSSR count). The molecule has 2 N–H and O–H groups in total. The highest BCUT2D eigenvalue weighted by Gasteiger charge is 2.15. The Hall–Kier alpha value is -1.63. The van der Waals surface area contributed by atoms with E-state index in [0.29, 0.717) is 10.7 Å². The molecule has 0 saturated carbocycles. The molecule has 0 bridgehead atoms. The van der Waals surface area contributed by atoms with E-state index >= 15 is 0 Å². The Morgan fingerprint density at radius 3 is 2.63 bits per heavy atom. The number of aliphatic hydroxyl groups excluding tert-OH is 1. The second-order valence-corrected chi connectivity index (χ2v) is 5.85. The number of aliphatic hydroxyl groups is 1. The van der Waals surface area contributed by atoms with Gasteiger partial charge in [-0.2, -0.15) is 0 Å². The van der Waals surface area contributed by atoms with Crippen LogP contribution < -0.4 is 4.72 Å². The van der Waals surface area contributed by atoms with E-state index in [4.69, 9.17) is 16.7 Å². The quantitative estimate of drug-likeness (QED) is 0.905. The molecule has 1 aromatic carbocycles. The normalized spacial score (nSPS) is 11.3. The molecule has 100 valence electrons. The van der Waals surface area contributed by atoms with Gasteiger partial charge in [0.15, 0.2) is 0 Å². The van der Waals surface area contributed by atoms with Gasteiger partial charge in [-0.05, 0) is 30.3 Å². The fourth-order valence-electron chi connectivity index (χ4n) is 1.46. The minimum Gasteiger partial charge on any atom is -0.390 e. The van der Waals surface area contributed by atoms with Gasteiger partial charge in [-0.1, -0.05) is 23.7 Å². The Morgan fingerprint density at radius 1 is 1.21 bits per heavy atom. The SMILES string of the molecule is O=S(=O)(Nc1cccc(CO)n1)c1cccc(Cl)c1. The number of hydrogen-bond donors (Lipinski definition) is 2. The van der Waals surface area contributed by atoms with E-state index in [2.05, 4.69) is 9.71 Å². The third-order valence-electron chi connectivity index (χ3n) is 2.31. The van der Waals surface area contributed by atoms with Crippen LogP contribution in [0.25, 0.3) is 0 Å². The maximum absolute atomic E-state index is 12.1. The third-order valence-corrected chi connectivity index (χ3v) is 3.90. The topological polar surface area (TPSA) is 79.3 Å². The first-order valence-electron chi connectivity index (χ1n) is 5.36. The Balaban J connectivity index is 2.31. The number of nitrogens with zero attached hydrogens (tertiary/aromatic N) is 1. The second kappa shape index (κ2) is 5.56. The van der Waals surface area contributed by atoms with Gasteiger partial charge in [-0.25, -0.2) is 13.4 Å². The molecular formula is C12H11ClN2O3S. The molecule has 0 saturated heterocycles. The van der Waals surface area contributed by atoms with Crippen LogP contribution in [0.15, 0.2) is 47.4 Å². The average Bonchev–Trinajstić information content (AvgIpc) is 2.38. The van der Waals surface area contributed by atoms with Crippen molar-refractivity contribution < 1.29 is 13.5 Å². The number of pyridine rings is 1. The number of anilines is 1. The summed E-state index contributed by atoms with van der Waals surface area (Å²) < 4.78 is 26.5. The van der Waals surface area contributed by atoms with Gasteiger partial charge >= 0.3 is 0 Å². The molecule has 5 nitrogen and oxygen atoms in total. The molecule has 0 fully saturated rings. The van der Waals surface area contributed by atoms with Crippen LogP contribution in [0.5, 0.6) is 0 Å². The summed E-state index contributed by atoms with van der Waals surface area (Å²) in [5, 5.41) is 9.29. The van der Waals surface area contributed by atoms with Gasteiger partial charge < -0.3 is 5.11 Å².